The second-order valence-electron chi connectivity index (χ2n) is 4.85. The van der Waals surface area contributed by atoms with Crippen LogP contribution in [0.25, 0.3) is 26.7 Å². The molecule has 0 spiro atoms. The van der Waals surface area contributed by atoms with Crippen molar-refractivity contribution in [2.75, 3.05) is 7.11 Å². The monoisotopic (exact) mass is 340 g/mol. The molecule has 0 unspecified atom stereocenters. The van der Waals surface area contributed by atoms with E-state index in [0.29, 0.717) is 10.6 Å². The summed E-state index contributed by atoms with van der Waals surface area (Å²) in [6.45, 7) is 0. The Morgan fingerprint density at radius 1 is 1.09 bits per heavy atom. The first kappa shape index (κ1) is 14.1. The molecule has 0 saturated heterocycles. The Morgan fingerprint density at radius 2 is 1.87 bits per heavy atom. The van der Waals surface area contributed by atoms with E-state index in [0.717, 1.165) is 26.7 Å². The Kier molecular flexibility index (Phi) is 3.44. The summed E-state index contributed by atoms with van der Waals surface area (Å²) in [7, 11) is 1.64. The van der Waals surface area contributed by atoms with E-state index < -0.39 is 0 Å². The highest BCUT2D eigenvalue weighted by Gasteiger charge is 2.16. The lowest BCUT2D eigenvalue weighted by molar-refractivity contribution is 0.416. The zero-order valence-electron chi connectivity index (χ0n) is 12.2. The van der Waals surface area contributed by atoms with Crippen LogP contribution in [0.1, 0.15) is 0 Å². The van der Waals surface area contributed by atoms with Crippen LogP contribution < -0.4 is 4.74 Å². The molecule has 0 aliphatic rings. The van der Waals surface area contributed by atoms with E-state index in [2.05, 4.69) is 15.1 Å². The first-order valence-electron chi connectivity index (χ1n) is 6.94. The minimum atomic E-state index is 0.408. The van der Waals surface area contributed by atoms with Crippen molar-refractivity contribution in [3.63, 3.8) is 0 Å². The molecule has 0 aliphatic heterocycles. The number of fused-ring (bicyclic) bond motifs is 1. The van der Waals surface area contributed by atoms with Gasteiger partial charge >= 0.3 is 0 Å². The van der Waals surface area contributed by atoms with Crippen LogP contribution in [0.3, 0.4) is 0 Å². The van der Waals surface area contributed by atoms with Crippen LogP contribution in [-0.2, 0) is 0 Å². The lowest BCUT2D eigenvalue weighted by atomic mass is 10.2. The fourth-order valence-electron chi connectivity index (χ4n) is 2.42. The first-order chi connectivity index (χ1) is 11.3. The van der Waals surface area contributed by atoms with E-state index in [1.54, 1.807) is 18.4 Å². The van der Waals surface area contributed by atoms with Crippen molar-refractivity contribution in [2.24, 2.45) is 0 Å². The Labute approximate surface area is 141 Å². The third kappa shape index (κ3) is 2.43. The van der Waals surface area contributed by atoms with Crippen molar-refractivity contribution in [3.8, 4) is 22.3 Å². The number of benzene rings is 2. The summed E-state index contributed by atoms with van der Waals surface area (Å²) in [4.78, 5) is 9.11. The lowest BCUT2D eigenvalue weighted by Gasteiger charge is -2.08. The number of nitrogens with zero attached hydrogens (tertiary/aromatic N) is 3. The zero-order valence-corrected chi connectivity index (χ0v) is 13.8. The normalized spacial score (nSPS) is 11.0. The summed E-state index contributed by atoms with van der Waals surface area (Å²) in [6.07, 6.45) is 0. The summed E-state index contributed by atoms with van der Waals surface area (Å²) >= 11 is 6.81. The van der Waals surface area contributed by atoms with Gasteiger partial charge in [0.2, 0.25) is 9.90 Å². The number of methoxy groups -OCH3 is 1. The van der Waals surface area contributed by atoms with Crippen LogP contribution in [0.4, 0.5) is 0 Å². The number of aromatic amines is 1. The second-order valence-corrected chi connectivity index (χ2v) is 6.25. The molecule has 0 saturated carbocycles. The highest BCUT2D eigenvalue weighted by atomic mass is 32.1. The molecule has 1 N–H and O–H groups in total. The van der Waals surface area contributed by atoms with Crippen molar-refractivity contribution < 1.29 is 4.74 Å². The molecule has 23 heavy (non-hydrogen) atoms. The van der Waals surface area contributed by atoms with Gasteiger partial charge in [-0.2, -0.15) is 4.98 Å². The van der Waals surface area contributed by atoms with E-state index in [1.165, 1.54) is 0 Å². The van der Waals surface area contributed by atoms with Crippen molar-refractivity contribution in [1.29, 1.82) is 0 Å². The average Bonchev–Trinajstić information content (AvgIpc) is 3.17. The summed E-state index contributed by atoms with van der Waals surface area (Å²) in [5.74, 6) is 1.43. The lowest BCUT2D eigenvalue weighted by Crippen LogP contribution is -2.00. The number of H-pyrrole nitrogens is 1. The standard InChI is InChI=1S/C16H12N4OS2/c1-21-12-8-4-2-6-10(12)14-18-15(22)19-20(14)16-17-11-7-3-5-9-13(11)23-16/h2-9H,1H3,(H,19,22). The van der Waals surface area contributed by atoms with Crippen molar-refractivity contribution in [3.05, 3.63) is 53.3 Å². The second kappa shape index (κ2) is 5.60. The van der Waals surface area contributed by atoms with Gasteiger partial charge in [-0.25, -0.2) is 9.67 Å². The fraction of sp³-hybridized carbons (Fsp3) is 0.0625. The van der Waals surface area contributed by atoms with E-state index in [4.69, 9.17) is 17.0 Å². The molecule has 0 atom stereocenters. The van der Waals surface area contributed by atoms with Crippen LogP contribution in [0.5, 0.6) is 5.75 Å². The predicted molar refractivity (Wildman–Crippen MR) is 93.9 cm³/mol. The van der Waals surface area contributed by atoms with Gasteiger partial charge in [0.1, 0.15) is 5.75 Å². The maximum atomic E-state index is 5.44. The number of rotatable bonds is 3. The number of ether oxygens (including phenoxy) is 1. The molecule has 0 fully saturated rings. The van der Waals surface area contributed by atoms with Gasteiger partial charge in [0, 0.05) is 0 Å². The molecule has 5 nitrogen and oxygen atoms in total. The van der Waals surface area contributed by atoms with Crippen LogP contribution in [0.2, 0.25) is 0 Å². The van der Waals surface area contributed by atoms with Crippen molar-refractivity contribution in [1.82, 2.24) is 19.7 Å². The fourth-order valence-corrected chi connectivity index (χ4v) is 3.53. The summed E-state index contributed by atoms with van der Waals surface area (Å²) in [5, 5.41) is 3.87. The number of para-hydroxylation sites is 2. The Balaban J connectivity index is 1.95. The van der Waals surface area contributed by atoms with Crippen LogP contribution >= 0.6 is 23.6 Å². The van der Waals surface area contributed by atoms with E-state index in [9.17, 15) is 0 Å². The molecule has 2 heterocycles. The van der Waals surface area contributed by atoms with Gasteiger partial charge in [-0.1, -0.05) is 35.6 Å². The predicted octanol–water partition coefficient (Wildman–Crippen LogP) is 4.22. The molecule has 0 radical (unpaired) electrons. The Bertz CT molecular complexity index is 1010. The summed E-state index contributed by atoms with van der Waals surface area (Å²) in [6, 6.07) is 15.7. The van der Waals surface area contributed by atoms with Gasteiger partial charge in [-0.15, -0.1) is 0 Å². The number of hydrogen-bond acceptors (Lipinski definition) is 5. The molecule has 0 amide bonds. The quantitative estimate of drug-likeness (QED) is 0.568. The van der Waals surface area contributed by atoms with Crippen molar-refractivity contribution >= 4 is 33.8 Å². The molecular weight excluding hydrogens is 328 g/mol. The maximum Gasteiger partial charge on any atom is 0.214 e. The molecule has 7 heteroatoms. The smallest absolute Gasteiger partial charge is 0.214 e. The SMILES string of the molecule is COc1ccccc1-c1nc(=S)[nH]n1-c1nc2ccccc2s1. The minimum absolute atomic E-state index is 0.408. The van der Waals surface area contributed by atoms with Gasteiger partial charge in [0.25, 0.3) is 0 Å². The largest absolute Gasteiger partial charge is 0.496 e. The average molecular weight is 340 g/mol. The van der Waals surface area contributed by atoms with Crippen LogP contribution in [0.15, 0.2) is 48.5 Å². The number of nitrogens with one attached hydrogen (secondary N) is 1. The highest BCUT2D eigenvalue weighted by Crippen LogP contribution is 2.31. The first-order valence-corrected chi connectivity index (χ1v) is 8.17. The summed E-state index contributed by atoms with van der Waals surface area (Å²) in [5.41, 5.74) is 1.81. The molecule has 0 bridgehead atoms. The van der Waals surface area contributed by atoms with Gasteiger partial charge in [0.05, 0.1) is 22.9 Å². The van der Waals surface area contributed by atoms with Crippen molar-refractivity contribution in [2.45, 2.75) is 0 Å². The molecule has 4 rings (SSSR count). The third-order valence-corrected chi connectivity index (χ3v) is 4.65. The van der Waals surface area contributed by atoms with Crippen LogP contribution in [0, 0.1) is 4.77 Å². The zero-order chi connectivity index (χ0) is 15.8. The Morgan fingerprint density at radius 3 is 2.70 bits per heavy atom. The molecule has 114 valence electrons. The van der Waals surface area contributed by atoms with Gasteiger partial charge < -0.3 is 4.74 Å². The number of hydrogen-bond donors (Lipinski definition) is 1. The summed E-state index contributed by atoms with van der Waals surface area (Å²) < 4.78 is 8.77. The number of aromatic nitrogens is 4. The van der Waals surface area contributed by atoms with E-state index in [-0.39, 0.29) is 0 Å². The molecule has 2 aromatic heterocycles. The molecule has 0 aliphatic carbocycles. The van der Waals surface area contributed by atoms with E-state index in [1.807, 2.05) is 53.2 Å². The third-order valence-electron chi connectivity index (χ3n) is 3.45. The molecule has 2 aromatic carbocycles. The molecule has 4 aromatic rings. The van der Waals surface area contributed by atoms with Gasteiger partial charge in [-0.05, 0) is 36.5 Å². The topological polar surface area (TPSA) is 55.7 Å². The Hall–Kier alpha value is -2.51. The van der Waals surface area contributed by atoms with Crippen LogP contribution in [-0.4, -0.2) is 26.9 Å². The minimum Gasteiger partial charge on any atom is -0.496 e. The van der Waals surface area contributed by atoms with Gasteiger partial charge in [-0.3, -0.25) is 5.10 Å². The number of thiazole rings is 1. The molecular formula is C16H12N4OS2. The van der Waals surface area contributed by atoms with E-state index >= 15 is 0 Å². The highest BCUT2D eigenvalue weighted by molar-refractivity contribution is 7.71. The van der Waals surface area contributed by atoms with Gasteiger partial charge in [0.15, 0.2) is 5.82 Å². The maximum absolute atomic E-state index is 5.44.